The molecule has 0 aliphatic carbocycles. The molecule has 1 aliphatic rings. The smallest absolute Gasteiger partial charge is 0.246 e. The lowest BCUT2D eigenvalue weighted by Crippen LogP contribution is -2.41. The molecule has 3 aromatic rings. The maximum absolute atomic E-state index is 13.0. The van der Waals surface area contributed by atoms with E-state index in [-0.39, 0.29) is 21.0 Å². The Hall–Kier alpha value is -1.86. The van der Waals surface area contributed by atoms with Crippen LogP contribution in [0.2, 0.25) is 10.0 Å². The summed E-state index contributed by atoms with van der Waals surface area (Å²) in [5.41, 5.74) is 0.808. The van der Waals surface area contributed by atoms with Crippen molar-refractivity contribution in [2.75, 3.05) is 13.1 Å². The van der Waals surface area contributed by atoms with Crippen LogP contribution in [0.25, 0.3) is 10.9 Å². The number of para-hydroxylation sites is 1. The first kappa shape index (κ1) is 19.5. The molecular weight excluding hydrogens is 419 g/mol. The maximum atomic E-state index is 13.0. The van der Waals surface area contributed by atoms with Gasteiger partial charge in [-0.05, 0) is 37.1 Å². The van der Waals surface area contributed by atoms with Crippen LogP contribution in [0.3, 0.4) is 0 Å². The van der Waals surface area contributed by atoms with Gasteiger partial charge in [-0.1, -0.05) is 47.5 Å². The molecule has 0 bridgehead atoms. The van der Waals surface area contributed by atoms with Gasteiger partial charge in [0.25, 0.3) is 0 Å². The second kappa shape index (κ2) is 7.87. The molecule has 1 aromatic heterocycles. The fraction of sp³-hybridized carbons (Fsp3) is 0.250. The van der Waals surface area contributed by atoms with E-state index in [2.05, 4.69) is 4.98 Å². The SMILES string of the molecule is O=S(=O)(c1c(Cl)cccc1Cl)N1CCC(Oc2cccc3cccnc23)CC1. The highest BCUT2D eigenvalue weighted by Gasteiger charge is 2.33. The molecule has 28 heavy (non-hydrogen) atoms. The van der Waals surface area contributed by atoms with Crippen molar-refractivity contribution in [2.24, 2.45) is 0 Å². The van der Waals surface area contributed by atoms with E-state index in [0.717, 1.165) is 10.9 Å². The molecule has 0 N–H and O–H groups in total. The van der Waals surface area contributed by atoms with E-state index in [1.807, 2.05) is 30.3 Å². The van der Waals surface area contributed by atoms with Gasteiger partial charge in [0.2, 0.25) is 10.0 Å². The summed E-state index contributed by atoms with van der Waals surface area (Å²) in [6.45, 7) is 0.680. The molecule has 1 fully saturated rings. The third-order valence-electron chi connectivity index (χ3n) is 4.81. The lowest BCUT2D eigenvalue weighted by atomic mass is 10.1. The number of benzene rings is 2. The Morgan fingerprint density at radius 1 is 0.964 bits per heavy atom. The first-order valence-electron chi connectivity index (χ1n) is 8.91. The molecule has 0 atom stereocenters. The maximum Gasteiger partial charge on any atom is 0.246 e. The number of ether oxygens (including phenoxy) is 1. The Labute approximate surface area is 173 Å². The summed E-state index contributed by atoms with van der Waals surface area (Å²) in [5.74, 6) is 0.716. The lowest BCUT2D eigenvalue weighted by Gasteiger charge is -2.32. The molecule has 5 nitrogen and oxygen atoms in total. The highest BCUT2D eigenvalue weighted by atomic mass is 35.5. The minimum absolute atomic E-state index is 0.0315. The van der Waals surface area contributed by atoms with Crippen molar-refractivity contribution >= 4 is 44.1 Å². The normalized spacial score (nSPS) is 16.4. The summed E-state index contributed by atoms with van der Waals surface area (Å²) in [5, 5.41) is 1.27. The first-order valence-corrected chi connectivity index (χ1v) is 11.1. The second-order valence-electron chi connectivity index (χ2n) is 6.60. The molecule has 0 amide bonds. The molecular formula is C20H18Cl2N2O3S. The van der Waals surface area contributed by atoms with E-state index >= 15 is 0 Å². The van der Waals surface area contributed by atoms with Crippen LogP contribution in [0, 0.1) is 0 Å². The van der Waals surface area contributed by atoms with Gasteiger partial charge in [0.15, 0.2) is 0 Å². The number of hydrogen-bond acceptors (Lipinski definition) is 4. The van der Waals surface area contributed by atoms with Crippen molar-refractivity contribution in [3.05, 3.63) is 64.8 Å². The number of hydrogen-bond donors (Lipinski definition) is 0. The van der Waals surface area contributed by atoms with E-state index in [9.17, 15) is 8.42 Å². The average molecular weight is 437 g/mol. The monoisotopic (exact) mass is 436 g/mol. The predicted octanol–water partition coefficient (Wildman–Crippen LogP) is 4.77. The van der Waals surface area contributed by atoms with Gasteiger partial charge in [-0.3, -0.25) is 4.98 Å². The summed E-state index contributed by atoms with van der Waals surface area (Å²) < 4.78 is 33.5. The van der Waals surface area contributed by atoms with E-state index < -0.39 is 10.0 Å². The highest BCUT2D eigenvalue weighted by molar-refractivity contribution is 7.89. The molecule has 8 heteroatoms. The Balaban J connectivity index is 1.49. The van der Waals surface area contributed by atoms with Crippen LogP contribution in [-0.2, 0) is 10.0 Å². The number of halogens is 2. The third kappa shape index (κ3) is 3.70. The van der Waals surface area contributed by atoms with Crippen LogP contribution >= 0.6 is 23.2 Å². The van der Waals surface area contributed by atoms with Crippen LogP contribution < -0.4 is 4.74 Å². The number of piperidine rings is 1. The molecule has 146 valence electrons. The number of fused-ring (bicyclic) bond motifs is 1. The minimum Gasteiger partial charge on any atom is -0.488 e. The molecule has 1 saturated heterocycles. The Kier molecular flexibility index (Phi) is 5.47. The largest absolute Gasteiger partial charge is 0.488 e. The molecule has 4 rings (SSSR count). The summed E-state index contributed by atoms with van der Waals surface area (Å²) in [6.07, 6.45) is 2.80. The molecule has 0 saturated carbocycles. The minimum atomic E-state index is -3.75. The van der Waals surface area contributed by atoms with Crippen molar-refractivity contribution in [3.63, 3.8) is 0 Å². The number of sulfonamides is 1. The standard InChI is InChI=1S/C20H18Cl2N2O3S/c21-16-6-2-7-17(22)20(16)28(25,26)24-12-9-15(10-13-24)27-18-8-1-4-14-5-3-11-23-19(14)18/h1-8,11,15H,9-10,12-13H2. The van der Waals surface area contributed by atoms with Crippen LogP contribution in [-0.4, -0.2) is 36.9 Å². The zero-order valence-electron chi connectivity index (χ0n) is 14.9. The van der Waals surface area contributed by atoms with Crippen molar-refractivity contribution in [1.82, 2.24) is 9.29 Å². The first-order chi connectivity index (χ1) is 13.5. The second-order valence-corrected chi connectivity index (χ2v) is 9.29. The van der Waals surface area contributed by atoms with Crippen molar-refractivity contribution < 1.29 is 13.2 Å². The molecule has 2 aromatic carbocycles. The zero-order chi connectivity index (χ0) is 19.7. The number of aromatic nitrogens is 1. The Bertz CT molecular complexity index is 1090. The molecule has 0 unspecified atom stereocenters. The van der Waals surface area contributed by atoms with E-state index in [0.29, 0.717) is 31.7 Å². The molecule has 0 radical (unpaired) electrons. The van der Waals surface area contributed by atoms with E-state index in [1.165, 1.54) is 16.4 Å². The van der Waals surface area contributed by atoms with Gasteiger partial charge in [0, 0.05) is 24.7 Å². The summed E-state index contributed by atoms with van der Waals surface area (Å²) in [7, 11) is -3.75. The Morgan fingerprint density at radius 2 is 1.61 bits per heavy atom. The van der Waals surface area contributed by atoms with Crippen LogP contribution in [0.4, 0.5) is 0 Å². The van der Waals surface area contributed by atoms with Gasteiger partial charge in [-0.2, -0.15) is 4.31 Å². The number of nitrogens with zero attached hydrogens (tertiary/aromatic N) is 2. The molecule has 0 spiro atoms. The van der Waals surface area contributed by atoms with Crippen molar-refractivity contribution in [3.8, 4) is 5.75 Å². The van der Waals surface area contributed by atoms with E-state index in [1.54, 1.807) is 12.3 Å². The van der Waals surface area contributed by atoms with Crippen LogP contribution in [0.15, 0.2) is 59.6 Å². The third-order valence-corrected chi connectivity index (χ3v) is 7.66. The number of rotatable bonds is 4. The quantitative estimate of drug-likeness (QED) is 0.590. The van der Waals surface area contributed by atoms with E-state index in [4.69, 9.17) is 27.9 Å². The molecule has 2 heterocycles. The fourth-order valence-corrected chi connectivity index (χ4v) is 5.96. The highest BCUT2D eigenvalue weighted by Crippen LogP contribution is 2.33. The van der Waals surface area contributed by atoms with Crippen LogP contribution in [0.1, 0.15) is 12.8 Å². The molecule has 1 aliphatic heterocycles. The lowest BCUT2D eigenvalue weighted by molar-refractivity contribution is 0.136. The Morgan fingerprint density at radius 3 is 2.32 bits per heavy atom. The predicted molar refractivity (Wildman–Crippen MR) is 111 cm³/mol. The van der Waals surface area contributed by atoms with Crippen molar-refractivity contribution in [1.29, 1.82) is 0 Å². The average Bonchev–Trinajstić information content (AvgIpc) is 2.68. The summed E-state index contributed by atoms with van der Waals surface area (Å²) in [6, 6.07) is 14.4. The summed E-state index contributed by atoms with van der Waals surface area (Å²) >= 11 is 12.2. The van der Waals surface area contributed by atoms with Gasteiger partial charge >= 0.3 is 0 Å². The van der Waals surface area contributed by atoms with Gasteiger partial charge < -0.3 is 4.74 Å². The zero-order valence-corrected chi connectivity index (χ0v) is 17.2. The van der Waals surface area contributed by atoms with Gasteiger partial charge in [-0.15, -0.1) is 0 Å². The van der Waals surface area contributed by atoms with Gasteiger partial charge in [0.05, 0.1) is 10.0 Å². The number of pyridine rings is 1. The fourth-order valence-electron chi connectivity index (χ4n) is 3.40. The van der Waals surface area contributed by atoms with Crippen molar-refractivity contribution in [2.45, 2.75) is 23.8 Å². The van der Waals surface area contributed by atoms with Crippen LogP contribution in [0.5, 0.6) is 5.75 Å². The van der Waals surface area contributed by atoms with Gasteiger partial charge in [0.1, 0.15) is 22.3 Å². The topological polar surface area (TPSA) is 59.5 Å². The van der Waals surface area contributed by atoms with Gasteiger partial charge in [-0.25, -0.2) is 8.42 Å². The summed E-state index contributed by atoms with van der Waals surface area (Å²) in [4.78, 5) is 4.37.